The molecular formula is C28H31FN6O. The van der Waals surface area contributed by atoms with E-state index >= 15 is 4.39 Å². The summed E-state index contributed by atoms with van der Waals surface area (Å²) >= 11 is 0. The number of fused-ring (bicyclic) bond motifs is 2. The van der Waals surface area contributed by atoms with Gasteiger partial charge < -0.3 is 14.6 Å². The van der Waals surface area contributed by atoms with Gasteiger partial charge >= 0.3 is 0 Å². The summed E-state index contributed by atoms with van der Waals surface area (Å²) in [5.74, 6) is 0.291. The van der Waals surface area contributed by atoms with Gasteiger partial charge in [-0.2, -0.15) is 5.10 Å². The smallest absolute Gasteiger partial charge is 0.156 e. The number of hydrogen-bond donors (Lipinski definition) is 1. The van der Waals surface area contributed by atoms with Gasteiger partial charge in [0.25, 0.3) is 0 Å². The third kappa shape index (κ3) is 3.42. The molecule has 186 valence electrons. The number of aromatic nitrogens is 5. The van der Waals surface area contributed by atoms with Crippen molar-refractivity contribution in [2.75, 3.05) is 32.8 Å². The Bertz CT molecular complexity index is 1430. The van der Waals surface area contributed by atoms with Gasteiger partial charge in [0.1, 0.15) is 11.3 Å². The highest BCUT2D eigenvalue weighted by atomic mass is 19.1. The maximum atomic E-state index is 15.4. The first-order valence-corrected chi connectivity index (χ1v) is 13.1. The molecule has 2 atom stereocenters. The van der Waals surface area contributed by atoms with Crippen molar-refractivity contribution in [1.82, 2.24) is 29.6 Å². The lowest BCUT2D eigenvalue weighted by Gasteiger charge is -2.31. The maximum Gasteiger partial charge on any atom is 0.156 e. The average Bonchev–Trinajstić information content (AvgIpc) is 3.30. The molecule has 7 nitrogen and oxygen atoms in total. The molecular weight excluding hydrogens is 455 g/mol. The van der Waals surface area contributed by atoms with Gasteiger partial charge in [-0.3, -0.25) is 4.68 Å². The van der Waals surface area contributed by atoms with E-state index in [0.717, 1.165) is 84.5 Å². The fourth-order valence-electron chi connectivity index (χ4n) is 6.49. The molecule has 36 heavy (non-hydrogen) atoms. The zero-order valence-corrected chi connectivity index (χ0v) is 20.8. The highest BCUT2D eigenvalue weighted by Gasteiger charge is 2.60. The molecule has 1 aliphatic carbocycles. The van der Waals surface area contributed by atoms with Gasteiger partial charge in [-0.15, -0.1) is 0 Å². The number of hydrogen-bond acceptors (Lipinski definition) is 5. The fraction of sp³-hybridized carbons (Fsp3) is 0.464. The first kappa shape index (κ1) is 22.1. The minimum atomic E-state index is -0.162. The molecule has 7 rings (SSSR count). The van der Waals surface area contributed by atoms with Crippen molar-refractivity contribution in [2.45, 2.75) is 44.6 Å². The van der Waals surface area contributed by atoms with Crippen LogP contribution in [0.1, 0.15) is 43.4 Å². The minimum Gasteiger partial charge on any atom is -0.380 e. The van der Waals surface area contributed by atoms with Crippen molar-refractivity contribution in [1.29, 1.82) is 0 Å². The highest BCUT2D eigenvalue weighted by molar-refractivity contribution is 5.91. The normalized spacial score (nSPS) is 24.5. The summed E-state index contributed by atoms with van der Waals surface area (Å²) in [6.07, 6.45) is 10.9. The summed E-state index contributed by atoms with van der Waals surface area (Å²) in [4.78, 5) is 15.3. The Kier molecular flexibility index (Phi) is 5.05. The van der Waals surface area contributed by atoms with Crippen LogP contribution in [0.25, 0.3) is 33.5 Å². The third-order valence-electron chi connectivity index (χ3n) is 8.66. The summed E-state index contributed by atoms with van der Waals surface area (Å²) in [5, 5.41) is 4.69. The monoisotopic (exact) mass is 486 g/mol. The number of nitrogens with one attached hydrogen (secondary N) is 1. The quantitative estimate of drug-likeness (QED) is 0.435. The second-order valence-corrected chi connectivity index (χ2v) is 10.8. The molecule has 8 heteroatoms. The van der Waals surface area contributed by atoms with Crippen molar-refractivity contribution in [3.63, 3.8) is 0 Å². The molecule has 4 aromatic rings. The molecule has 1 saturated carbocycles. The molecule has 1 N–H and O–H groups in total. The second kappa shape index (κ2) is 8.21. The molecule has 2 unspecified atom stereocenters. The van der Waals surface area contributed by atoms with Crippen LogP contribution in [-0.2, 0) is 10.2 Å². The van der Waals surface area contributed by atoms with Gasteiger partial charge in [0.05, 0.1) is 37.3 Å². The van der Waals surface area contributed by atoms with Crippen LogP contribution in [0.15, 0.2) is 36.9 Å². The summed E-state index contributed by atoms with van der Waals surface area (Å²) in [6.45, 7) is 8.91. The highest BCUT2D eigenvalue weighted by Crippen LogP contribution is 2.59. The number of aryl methyl sites for hydroxylation is 1. The van der Waals surface area contributed by atoms with Crippen molar-refractivity contribution < 1.29 is 9.13 Å². The van der Waals surface area contributed by atoms with Crippen LogP contribution in [0.2, 0.25) is 0 Å². The summed E-state index contributed by atoms with van der Waals surface area (Å²) in [6, 6.07) is 4.09. The lowest BCUT2D eigenvalue weighted by Crippen LogP contribution is -2.34. The predicted molar refractivity (Wildman–Crippen MR) is 136 cm³/mol. The van der Waals surface area contributed by atoms with Crippen LogP contribution in [0.3, 0.4) is 0 Å². The van der Waals surface area contributed by atoms with Crippen LogP contribution in [-0.4, -0.2) is 62.5 Å². The average molecular weight is 487 g/mol. The Morgan fingerprint density at radius 3 is 2.78 bits per heavy atom. The number of rotatable bonds is 5. The van der Waals surface area contributed by atoms with Crippen LogP contribution in [0.5, 0.6) is 0 Å². The van der Waals surface area contributed by atoms with E-state index in [1.165, 1.54) is 0 Å². The van der Waals surface area contributed by atoms with Crippen LogP contribution >= 0.6 is 0 Å². The van der Waals surface area contributed by atoms with Gasteiger partial charge in [-0.05, 0) is 61.9 Å². The number of halogens is 1. The minimum absolute atomic E-state index is 0.122. The molecule has 0 radical (unpaired) electrons. The Morgan fingerprint density at radius 1 is 1.19 bits per heavy atom. The molecule has 0 bridgehead atoms. The molecule has 5 heterocycles. The SMILES string of the molecule is CCN1CCC(n2cc(-c3c[nH]c4ncc(-c5cc(C)c(C67COCC6C7)c(F)c5)nc34)cn2)CC1. The predicted octanol–water partition coefficient (Wildman–Crippen LogP) is 4.88. The van der Waals surface area contributed by atoms with E-state index in [0.29, 0.717) is 24.3 Å². The Morgan fingerprint density at radius 2 is 2.06 bits per heavy atom. The summed E-state index contributed by atoms with van der Waals surface area (Å²) in [5.41, 5.74) is 6.56. The zero-order chi connectivity index (χ0) is 24.4. The molecule has 1 aromatic carbocycles. The van der Waals surface area contributed by atoms with Gasteiger partial charge in [0.2, 0.25) is 0 Å². The number of benzene rings is 1. The number of nitrogens with zero attached hydrogens (tertiary/aromatic N) is 5. The van der Waals surface area contributed by atoms with E-state index in [9.17, 15) is 0 Å². The summed E-state index contributed by atoms with van der Waals surface area (Å²) in [7, 11) is 0. The van der Waals surface area contributed by atoms with Crippen molar-refractivity contribution in [3.8, 4) is 22.4 Å². The molecule has 2 saturated heterocycles. The fourth-order valence-corrected chi connectivity index (χ4v) is 6.49. The zero-order valence-electron chi connectivity index (χ0n) is 20.8. The number of piperidine rings is 1. The maximum absolute atomic E-state index is 15.4. The van der Waals surface area contributed by atoms with E-state index in [1.54, 1.807) is 12.3 Å². The second-order valence-electron chi connectivity index (χ2n) is 10.8. The van der Waals surface area contributed by atoms with Crippen molar-refractivity contribution >= 4 is 11.2 Å². The third-order valence-corrected chi connectivity index (χ3v) is 8.66. The van der Waals surface area contributed by atoms with E-state index in [2.05, 4.69) is 32.7 Å². The lowest BCUT2D eigenvalue weighted by molar-refractivity contribution is 0.159. The van der Waals surface area contributed by atoms with Crippen LogP contribution in [0, 0.1) is 18.7 Å². The van der Waals surface area contributed by atoms with E-state index in [4.69, 9.17) is 14.8 Å². The standard InChI is InChI=1S/C28H31FN6O/c1-3-34-6-4-21(5-7-34)35-14-19(11-32-35)22-12-30-27-26(22)33-24(13-31-27)18-8-17(2)25(23(29)9-18)28-10-20(28)15-36-16-28/h8-9,11-14,20-21H,3-7,10,15-16H2,1-2H3,(H,30,31). The van der Waals surface area contributed by atoms with Gasteiger partial charge in [-0.1, -0.05) is 6.92 Å². The largest absolute Gasteiger partial charge is 0.380 e. The topological polar surface area (TPSA) is 71.9 Å². The van der Waals surface area contributed by atoms with E-state index < -0.39 is 0 Å². The Balaban J connectivity index is 1.20. The van der Waals surface area contributed by atoms with Crippen molar-refractivity contribution in [2.24, 2.45) is 5.92 Å². The van der Waals surface area contributed by atoms with Crippen molar-refractivity contribution in [3.05, 3.63) is 53.9 Å². The molecule has 3 fully saturated rings. The molecule has 3 aliphatic rings. The van der Waals surface area contributed by atoms with Gasteiger partial charge in [0, 0.05) is 47.6 Å². The molecule has 2 aliphatic heterocycles. The number of H-pyrrole nitrogens is 1. The van der Waals surface area contributed by atoms with Gasteiger partial charge in [-0.25, -0.2) is 14.4 Å². The lowest BCUT2D eigenvalue weighted by atomic mass is 9.89. The molecule has 0 amide bonds. The number of likely N-dealkylation sites (tertiary alicyclic amines) is 1. The first-order valence-electron chi connectivity index (χ1n) is 13.1. The van der Waals surface area contributed by atoms with E-state index in [-0.39, 0.29) is 11.2 Å². The van der Waals surface area contributed by atoms with Crippen LogP contribution in [0.4, 0.5) is 4.39 Å². The number of ether oxygens (including phenoxy) is 1. The molecule has 0 spiro atoms. The Hall–Kier alpha value is -3.10. The number of aromatic amines is 1. The Labute approximate surface area is 209 Å². The summed E-state index contributed by atoms with van der Waals surface area (Å²) < 4.78 is 23.2. The first-order chi connectivity index (χ1) is 17.6. The van der Waals surface area contributed by atoms with E-state index in [1.807, 2.05) is 25.4 Å². The molecule has 3 aromatic heterocycles. The van der Waals surface area contributed by atoms with Gasteiger partial charge in [0.15, 0.2) is 5.65 Å². The van der Waals surface area contributed by atoms with Crippen LogP contribution < -0.4 is 0 Å².